The molecule has 1 fully saturated rings. The van der Waals surface area contributed by atoms with E-state index in [2.05, 4.69) is 20.5 Å². The summed E-state index contributed by atoms with van der Waals surface area (Å²) in [5.74, 6) is -3.02. The molecule has 2 atom stereocenters. The Hall–Kier alpha value is -4.25. The molecule has 0 bridgehead atoms. The van der Waals surface area contributed by atoms with Crippen LogP contribution in [0.2, 0.25) is 0 Å². The Balaban J connectivity index is 1.21. The van der Waals surface area contributed by atoms with E-state index in [0.29, 0.717) is 0 Å². The quantitative estimate of drug-likeness (QED) is 0.435. The number of ether oxygens (including phenoxy) is 1. The smallest absolute Gasteiger partial charge is 0.414 e. The van der Waals surface area contributed by atoms with E-state index in [0.717, 1.165) is 22.3 Å². The number of benzene rings is 2. The Morgan fingerprint density at radius 3 is 2.37 bits per heavy atom. The van der Waals surface area contributed by atoms with Gasteiger partial charge in [0.2, 0.25) is 5.82 Å². The number of anilines is 1. The number of aromatic amines is 1. The number of nitrogens with zero attached hydrogens (tertiary/aromatic N) is 3. The van der Waals surface area contributed by atoms with Gasteiger partial charge in [-0.05, 0) is 28.7 Å². The lowest BCUT2D eigenvalue weighted by molar-refractivity contribution is -0.144. The number of carbonyl (C=O) groups excluding carboxylic acids is 2. The first-order chi connectivity index (χ1) is 16.9. The minimum atomic E-state index is -1.09. The van der Waals surface area contributed by atoms with E-state index < -0.39 is 30.0 Å². The molecular weight excluding hydrogens is 454 g/mol. The minimum absolute atomic E-state index is 0.0154. The van der Waals surface area contributed by atoms with Gasteiger partial charge in [-0.1, -0.05) is 48.5 Å². The summed E-state index contributed by atoms with van der Waals surface area (Å²) in [6.07, 6.45) is -1.65. The van der Waals surface area contributed by atoms with E-state index in [1.54, 1.807) is 0 Å². The monoisotopic (exact) mass is 477 g/mol. The molecule has 11 heteroatoms. The molecule has 2 heterocycles. The molecule has 4 N–H and O–H groups in total. The SMILES string of the molecule is O=C(Nc1n[nH]c(C(=O)N2CC(O)CC(C(=O)O)C2)n1)OCC1c2ccccc2-c2ccccc21. The Kier molecular flexibility index (Phi) is 5.91. The van der Waals surface area contributed by atoms with Gasteiger partial charge in [-0.15, -0.1) is 5.10 Å². The molecule has 1 aromatic heterocycles. The number of β-amino-alcohol motifs (C(OH)–C–C–N with tert-alkyl or cyclic N) is 1. The molecule has 1 aliphatic heterocycles. The molecule has 1 saturated heterocycles. The number of rotatable bonds is 5. The average Bonchev–Trinajstić information content (AvgIpc) is 3.44. The molecule has 2 aliphatic rings. The lowest BCUT2D eigenvalue weighted by atomic mass is 9.96. The number of hydrogen-bond donors (Lipinski definition) is 4. The van der Waals surface area contributed by atoms with Gasteiger partial charge in [0.25, 0.3) is 11.9 Å². The molecule has 35 heavy (non-hydrogen) atoms. The number of H-pyrrole nitrogens is 1. The molecule has 180 valence electrons. The molecule has 2 amide bonds. The predicted molar refractivity (Wildman–Crippen MR) is 123 cm³/mol. The van der Waals surface area contributed by atoms with Crippen molar-refractivity contribution < 1.29 is 29.3 Å². The highest BCUT2D eigenvalue weighted by Crippen LogP contribution is 2.44. The lowest BCUT2D eigenvalue weighted by Gasteiger charge is -2.33. The predicted octanol–water partition coefficient (Wildman–Crippen LogP) is 2.07. The highest BCUT2D eigenvalue weighted by molar-refractivity contribution is 5.92. The normalized spacial score (nSPS) is 19.1. The summed E-state index contributed by atoms with van der Waals surface area (Å²) in [6.45, 7) is 0.0395. The summed E-state index contributed by atoms with van der Waals surface area (Å²) in [5.41, 5.74) is 4.38. The fourth-order valence-electron chi connectivity index (χ4n) is 4.71. The third kappa shape index (κ3) is 4.45. The molecule has 5 rings (SSSR count). The van der Waals surface area contributed by atoms with Crippen molar-refractivity contribution in [3.8, 4) is 11.1 Å². The van der Waals surface area contributed by atoms with E-state index in [1.807, 2.05) is 48.5 Å². The van der Waals surface area contributed by atoms with Crippen LogP contribution in [0.1, 0.15) is 34.1 Å². The van der Waals surface area contributed by atoms with Gasteiger partial charge in [0, 0.05) is 19.0 Å². The van der Waals surface area contributed by atoms with E-state index in [1.165, 1.54) is 4.90 Å². The van der Waals surface area contributed by atoms with Gasteiger partial charge >= 0.3 is 12.1 Å². The highest BCUT2D eigenvalue weighted by atomic mass is 16.5. The van der Waals surface area contributed by atoms with E-state index in [-0.39, 0.29) is 43.8 Å². The number of likely N-dealkylation sites (tertiary alicyclic amines) is 1. The van der Waals surface area contributed by atoms with Gasteiger partial charge in [-0.3, -0.25) is 20.0 Å². The Bertz CT molecular complexity index is 1250. The van der Waals surface area contributed by atoms with Crippen LogP contribution in [-0.2, 0) is 9.53 Å². The van der Waals surface area contributed by atoms with Gasteiger partial charge < -0.3 is 19.8 Å². The van der Waals surface area contributed by atoms with Crippen molar-refractivity contribution in [2.45, 2.75) is 18.4 Å². The number of amides is 2. The molecular formula is C24H23N5O6. The maximum absolute atomic E-state index is 12.7. The number of hydrogen-bond acceptors (Lipinski definition) is 7. The van der Waals surface area contributed by atoms with Crippen LogP contribution in [-0.4, -0.2) is 74.1 Å². The number of nitrogens with one attached hydrogen (secondary N) is 2. The molecule has 2 aromatic carbocycles. The second-order valence-corrected chi connectivity index (χ2v) is 8.59. The summed E-state index contributed by atoms with van der Waals surface area (Å²) in [7, 11) is 0. The van der Waals surface area contributed by atoms with Crippen LogP contribution < -0.4 is 5.32 Å². The highest BCUT2D eigenvalue weighted by Gasteiger charge is 2.34. The minimum Gasteiger partial charge on any atom is -0.481 e. The number of carboxylic acid groups (broad SMARTS) is 1. The van der Waals surface area contributed by atoms with Crippen LogP contribution in [0.15, 0.2) is 48.5 Å². The maximum Gasteiger partial charge on any atom is 0.414 e. The first-order valence-electron chi connectivity index (χ1n) is 11.1. The summed E-state index contributed by atoms with van der Waals surface area (Å²) in [6, 6.07) is 16.0. The van der Waals surface area contributed by atoms with Crippen molar-refractivity contribution in [1.82, 2.24) is 20.1 Å². The first-order valence-corrected chi connectivity index (χ1v) is 11.1. The number of carbonyl (C=O) groups is 3. The molecule has 0 radical (unpaired) electrons. The lowest BCUT2D eigenvalue weighted by Crippen LogP contribution is -2.48. The van der Waals surface area contributed by atoms with E-state index in [9.17, 15) is 24.6 Å². The Morgan fingerprint density at radius 2 is 1.71 bits per heavy atom. The third-order valence-electron chi connectivity index (χ3n) is 6.31. The fourth-order valence-corrected chi connectivity index (χ4v) is 4.71. The van der Waals surface area contributed by atoms with Crippen molar-refractivity contribution in [3.63, 3.8) is 0 Å². The van der Waals surface area contributed by atoms with Crippen LogP contribution in [0.25, 0.3) is 11.1 Å². The largest absolute Gasteiger partial charge is 0.481 e. The Morgan fingerprint density at radius 1 is 1.06 bits per heavy atom. The summed E-state index contributed by atoms with van der Waals surface area (Å²) >= 11 is 0. The number of aliphatic hydroxyl groups excluding tert-OH is 1. The number of piperidine rings is 1. The third-order valence-corrected chi connectivity index (χ3v) is 6.31. The molecule has 2 unspecified atom stereocenters. The summed E-state index contributed by atoms with van der Waals surface area (Å²) in [4.78, 5) is 41.6. The van der Waals surface area contributed by atoms with Gasteiger partial charge in [0.1, 0.15) is 6.61 Å². The van der Waals surface area contributed by atoms with E-state index >= 15 is 0 Å². The van der Waals surface area contributed by atoms with Crippen molar-refractivity contribution in [2.24, 2.45) is 5.92 Å². The van der Waals surface area contributed by atoms with Crippen molar-refractivity contribution in [2.75, 3.05) is 25.0 Å². The average molecular weight is 477 g/mol. The topological polar surface area (TPSA) is 158 Å². The molecule has 0 saturated carbocycles. The number of aromatic nitrogens is 3. The molecule has 1 aliphatic carbocycles. The van der Waals surface area contributed by atoms with Gasteiger partial charge in [0.15, 0.2) is 0 Å². The second-order valence-electron chi connectivity index (χ2n) is 8.59. The Labute approximate surface area is 199 Å². The zero-order valence-electron chi connectivity index (χ0n) is 18.5. The molecule has 0 spiro atoms. The van der Waals surface area contributed by atoms with Crippen LogP contribution in [0, 0.1) is 5.92 Å². The van der Waals surface area contributed by atoms with Crippen molar-refractivity contribution in [1.29, 1.82) is 0 Å². The zero-order chi connectivity index (χ0) is 24.5. The van der Waals surface area contributed by atoms with Crippen LogP contribution in [0.3, 0.4) is 0 Å². The first kappa shape index (κ1) is 22.5. The number of aliphatic carboxylic acids is 1. The summed E-state index contributed by atoms with van der Waals surface area (Å²) < 4.78 is 5.45. The standard InChI is InChI=1S/C24H23N5O6/c30-14-9-13(22(32)33)10-29(11-14)21(31)20-25-23(28-27-20)26-24(34)35-12-19-17-7-3-1-5-15(17)16-6-2-4-8-18(16)19/h1-8,13-14,19,30H,9-12H2,(H,32,33)(H2,25,26,27,28,34). The number of fused-ring (bicyclic) bond motifs is 3. The van der Waals surface area contributed by atoms with Crippen LogP contribution in [0.4, 0.5) is 10.7 Å². The number of aliphatic hydroxyl groups is 1. The van der Waals surface area contributed by atoms with Crippen LogP contribution in [0.5, 0.6) is 0 Å². The second kappa shape index (κ2) is 9.18. The van der Waals surface area contributed by atoms with Crippen molar-refractivity contribution in [3.05, 3.63) is 65.5 Å². The molecule has 3 aromatic rings. The van der Waals surface area contributed by atoms with Crippen molar-refractivity contribution >= 4 is 23.9 Å². The summed E-state index contributed by atoms with van der Waals surface area (Å²) in [5, 5.41) is 27.8. The van der Waals surface area contributed by atoms with Gasteiger partial charge in [0.05, 0.1) is 12.0 Å². The number of carboxylic acids is 1. The van der Waals surface area contributed by atoms with Crippen LogP contribution >= 0.6 is 0 Å². The zero-order valence-corrected chi connectivity index (χ0v) is 18.5. The van der Waals surface area contributed by atoms with E-state index in [4.69, 9.17) is 4.74 Å². The van der Waals surface area contributed by atoms with Gasteiger partial charge in [-0.2, -0.15) is 4.98 Å². The molecule has 11 nitrogen and oxygen atoms in total. The van der Waals surface area contributed by atoms with Gasteiger partial charge in [-0.25, -0.2) is 4.79 Å². The maximum atomic E-state index is 12.7. The fraction of sp³-hybridized carbons (Fsp3) is 0.292.